The number of anilines is 1. The standard InChI is InChI=1S/C15H14FNO2/c1-17-12-9-8-11(15(18)19-2)14(16)13(12)10-6-4-3-5-7-10/h3-9,17H,1-2H3. The third-order valence-corrected chi connectivity index (χ3v) is 2.88. The van der Waals surface area contributed by atoms with Gasteiger partial charge < -0.3 is 10.1 Å². The minimum absolute atomic E-state index is 0.0691. The molecule has 4 heteroatoms. The average Bonchev–Trinajstić information content (AvgIpc) is 2.46. The van der Waals surface area contributed by atoms with Gasteiger partial charge in [0.05, 0.1) is 12.7 Å². The molecule has 0 heterocycles. The molecule has 0 saturated heterocycles. The number of halogens is 1. The maximum absolute atomic E-state index is 14.5. The Hall–Kier alpha value is -2.36. The number of esters is 1. The Bertz CT molecular complexity index is 597. The van der Waals surface area contributed by atoms with Crippen LogP contribution in [0.2, 0.25) is 0 Å². The van der Waals surface area contributed by atoms with Gasteiger partial charge in [-0.1, -0.05) is 30.3 Å². The Kier molecular flexibility index (Phi) is 3.80. The minimum Gasteiger partial charge on any atom is -0.465 e. The van der Waals surface area contributed by atoms with Crippen LogP contribution >= 0.6 is 0 Å². The van der Waals surface area contributed by atoms with Gasteiger partial charge in [-0.15, -0.1) is 0 Å². The van der Waals surface area contributed by atoms with Gasteiger partial charge in [0, 0.05) is 18.3 Å². The Morgan fingerprint density at radius 1 is 1.16 bits per heavy atom. The third-order valence-electron chi connectivity index (χ3n) is 2.88. The Morgan fingerprint density at radius 3 is 2.42 bits per heavy atom. The fourth-order valence-corrected chi connectivity index (χ4v) is 1.94. The van der Waals surface area contributed by atoms with Crippen molar-refractivity contribution in [2.75, 3.05) is 19.5 Å². The van der Waals surface area contributed by atoms with E-state index in [9.17, 15) is 9.18 Å². The number of carbonyl (C=O) groups is 1. The summed E-state index contributed by atoms with van der Waals surface area (Å²) in [6, 6.07) is 12.2. The largest absolute Gasteiger partial charge is 0.465 e. The predicted octanol–water partition coefficient (Wildman–Crippen LogP) is 3.32. The Morgan fingerprint density at radius 2 is 1.84 bits per heavy atom. The molecule has 0 fully saturated rings. The van der Waals surface area contributed by atoms with Gasteiger partial charge in [-0.05, 0) is 17.7 Å². The lowest BCUT2D eigenvalue weighted by atomic mass is 10.00. The summed E-state index contributed by atoms with van der Waals surface area (Å²) >= 11 is 0. The summed E-state index contributed by atoms with van der Waals surface area (Å²) in [4.78, 5) is 11.5. The summed E-state index contributed by atoms with van der Waals surface area (Å²) in [7, 11) is 2.94. The number of carbonyl (C=O) groups excluding carboxylic acids is 1. The van der Waals surface area contributed by atoms with E-state index < -0.39 is 11.8 Å². The average molecular weight is 259 g/mol. The first kappa shape index (κ1) is 13.1. The van der Waals surface area contributed by atoms with Crippen LogP contribution in [0, 0.1) is 5.82 Å². The molecule has 19 heavy (non-hydrogen) atoms. The summed E-state index contributed by atoms with van der Waals surface area (Å²) in [6.45, 7) is 0. The van der Waals surface area contributed by atoms with Gasteiger partial charge in [0.15, 0.2) is 0 Å². The van der Waals surface area contributed by atoms with Gasteiger partial charge >= 0.3 is 5.97 Å². The fraction of sp³-hybridized carbons (Fsp3) is 0.133. The summed E-state index contributed by atoms with van der Waals surface area (Å²) in [5.74, 6) is -1.26. The highest BCUT2D eigenvalue weighted by Crippen LogP contribution is 2.32. The molecule has 1 N–H and O–H groups in total. The fourth-order valence-electron chi connectivity index (χ4n) is 1.94. The molecule has 0 aliphatic heterocycles. The molecular weight excluding hydrogens is 245 g/mol. The van der Waals surface area contributed by atoms with Crippen LogP contribution in [-0.2, 0) is 4.74 Å². The molecule has 0 saturated carbocycles. The van der Waals surface area contributed by atoms with E-state index in [2.05, 4.69) is 10.1 Å². The van der Waals surface area contributed by atoms with Crippen LogP contribution in [0.25, 0.3) is 11.1 Å². The summed E-state index contributed by atoms with van der Waals surface area (Å²) in [5.41, 5.74) is 1.62. The van der Waals surface area contributed by atoms with Crippen molar-refractivity contribution in [1.29, 1.82) is 0 Å². The van der Waals surface area contributed by atoms with E-state index in [4.69, 9.17) is 0 Å². The SMILES string of the molecule is CNc1ccc(C(=O)OC)c(F)c1-c1ccccc1. The topological polar surface area (TPSA) is 38.3 Å². The summed E-state index contributed by atoms with van der Waals surface area (Å²) in [6.07, 6.45) is 0. The molecule has 0 aliphatic carbocycles. The second kappa shape index (κ2) is 5.52. The Labute approximate surface area is 111 Å². The number of nitrogens with one attached hydrogen (secondary N) is 1. The van der Waals surface area contributed by atoms with Crippen molar-refractivity contribution in [3.05, 3.63) is 53.8 Å². The molecule has 0 amide bonds. The van der Waals surface area contributed by atoms with Crippen molar-refractivity contribution in [1.82, 2.24) is 0 Å². The van der Waals surface area contributed by atoms with Gasteiger partial charge in [-0.3, -0.25) is 0 Å². The zero-order valence-electron chi connectivity index (χ0n) is 10.7. The highest BCUT2D eigenvalue weighted by molar-refractivity contribution is 5.93. The van der Waals surface area contributed by atoms with E-state index in [1.807, 2.05) is 18.2 Å². The van der Waals surface area contributed by atoms with Crippen molar-refractivity contribution in [2.24, 2.45) is 0 Å². The highest BCUT2D eigenvalue weighted by Gasteiger charge is 2.19. The minimum atomic E-state index is -0.683. The summed E-state index contributed by atoms with van der Waals surface area (Å²) in [5, 5.41) is 2.93. The van der Waals surface area contributed by atoms with Gasteiger partial charge in [-0.25, -0.2) is 9.18 Å². The normalized spacial score (nSPS) is 10.1. The molecule has 0 radical (unpaired) electrons. The van der Waals surface area contributed by atoms with E-state index in [0.717, 1.165) is 0 Å². The molecular formula is C15H14FNO2. The smallest absolute Gasteiger partial charge is 0.340 e. The predicted molar refractivity (Wildman–Crippen MR) is 72.7 cm³/mol. The van der Waals surface area contributed by atoms with Crippen molar-refractivity contribution < 1.29 is 13.9 Å². The van der Waals surface area contributed by atoms with Crippen LogP contribution in [0.4, 0.5) is 10.1 Å². The van der Waals surface area contributed by atoms with Crippen LogP contribution in [-0.4, -0.2) is 20.1 Å². The van der Waals surface area contributed by atoms with Gasteiger partial charge in [0.2, 0.25) is 0 Å². The molecule has 3 nitrogen and oxygen atoms in total. The number of benzene rings is 2. The van der Waals surface area contributed by atoms with Crippen LogP contribution in [0.5, 0.6) is 0 Å². The van der Waals surface area contributed by atoms with E-state index in [1.165, 1.54) is 13.2 Å². The number of ether oxygens (including phenoxy) is 1. The van der Waals surface area contributed by atoms with Crippen LogP contribution in [0.1, 0.15) is 10.4 Å². The number of rotatable bonds is 3. The molecule has 2 aromatic rings. The van der Waals surface area contributed by atoms with Crippen LogP contribution in [0.3, 0.4) is 0 Å². The lowest BCUT2D eigenvalue weighted by Gasteiger charge is -2.13. The third kappa shape index (κ3) is 2.42. The van der Waals surface area contributed by atoms with Gasteiger partial charge in [0.1, 0.15) is 5.82 Å². The van der Waals surface area contributed by atoms with E-state index in [0.29, 0.717) is 16.8 Å². The molecule has 0 atom stereocenters. The molecule has 0 aliphatic rings. The maximum atomic E-state index is 14.5. The molecule has 0 aromatic heterocycles. The lowest BCUT2D eigenvalue weighted by Crippen LogP contribution is -2.07. The molecule has 98 valence electrons. The van der Waals surface area contributed by atoms with Crippen molar-refractivity contribution in [2.45, 2.75) is 0 Å². The first-order chi connectivity index (χ1) is 9.19. The maximum Gasteiger partial charge on any atom is 0.340 e. The van der Waals surface area contributed by atoms with Crippen molar-refractivity contribution in [3.8, 4) is 11.1 Å². The number of methoxy groups -OCH3 is 1. The first-order valence-electron chi connectivity index (χ1n) is 5.83. The second-order valence-electron chi connectivity index (χ2n) is 3.96. The molecule has 2 aromatic carbocycles. The zero-order chi connectivity index (χ0) is 13.8. The molecule has 2 rings (SSSR count). The van der Waals surface area contributed by atoms with Crippen molar-refractivity contribution >= 4 is 11.7 Å². The monoisotopic (exact) mass is 259 g/mol. The van der Waals surface area contributed by atoms with E-state index >= 15 is 0 Å². The first-order valence-corrected chi connectivity index (χ1v) is 5.83. The highest BCUT2D eigenvalue weighted by atomic mass is 19.1. The number of hydrogen-bond acceptors (Lipinski definition) is 3. The lowest BCUT2D eigenvalue weighted by molar-refractivity contribution is 0.0595. The molecule has 0 spiro atoms. The van der Waals surface area contributed by atoms with Crippen LogP contribution < -0.4 is 5.32 Å². The van der Waals surface area contributed by atoms with Crippen LogP contribution in [0.15, 0.2) is 42.5 Å². The van der Waals surface area contributed by atoms with Gasteiger partial charge in [0.25, 0.3) is 0 Å². The molecule has 0 unspecified atom stereocenters. The van der Waals surface area contributed by atoms with E-state index in [-0.39, 0.29) is 5.56 Å². The second-order valence-corrected chi connectivity index (χ2v) is 3.96. The molecule has 0 bridgehead atoms. The zero-order valence-corrected chi connectivity index (χ0v) is 10.7. The summed E-state index contributed by atoms with van der Waals surface area (Å²) < 4.78 is 19.1. The van der Waals surface area contributed by atoms with Gasteiger partial charge in [-0.2, -0.15) is 0 Å². The van der Waals surface area contributed by atoms with Crippen molar-refractivity contribution in [3.63, 3.8) is 0 Å². The van der Waals surface area contributed by atoms with E-state index in [1.54, 1.807) is 25.2 Å². The Balaban J connectivity index is 2.67. The quantitative estimate of drug-likeness (QED) is 0.859. The number of hydrogen-bond donors (Lipinski definition) is 1.